The Morgan fingerprint density at radius 2 is 1.95 bits per heavy atom. The molecule has 1 unspecified atom stereocenters. The van der Waals surface area contributed by atoms with Crippen molar-refractivity contribution in [2.75, 3.05) is 26.5 Å². The van der Waals surface area contributed by atoms with Crippen molar-refractivity contribution in [3.8, 4) is 5.75 Å². The van der Waals surface area contributed by atoms with Crippen molar-refractivity contribution in [1.82, 2.24) is 4.90 Å². The third-order valence-corrected chi connectivity index (χ3v) is 4.46. The van der Waals surface area contributed by atoms with E-state index in [1.54, 1.807) is 12.0 Å². The molecule has 0 radical (unpaired) electrons. The molecule has 0 spiro atoms. The van der Waals surface area contributed by atoms with Crippen molar-refractivity contribution in [3.05, 3.63) is 29.8 Å². The molecular weight excluding hydrogens is 306 g/mol. The minimum absolute atomic E-state index is 0.0630. The number of ether oxygens (including phenoxy) is 1. The number of nitrogens with zero attached hydrogens (tertiary/aromatic N) is 1. The lowest BCUT2D eigenvalue weighted by molar-refractivity contribution is -0.133. The maximum Gasteiger partial charge on any atom is 0.264 e. The zero-order chi connectivity index (χ0) is 16.3. The molecule has 22 heavy (non-hydrogen) atoms. The average molecular weight is 327 g/mol. The van der Waals surface area contributed by atoms with E-state index in [4.69, 9.17) is 8.92 Å². The quantitative estimate of drug-likeness (QED) is 0.742. The molecule has 1 aromatic carbocycles. The van der Waals surface area contributed by atoms with Crippen LogP contribution in [0.25, 0.3) is 0 Å². The fourth-order valence-electron chi connectivity index (χ4n) is 2.57. The fraction of sp³-hybridized carbons (Fsp3) is 0.533. The number of carbonyl (C=O) groups is 1. The monoisotopic (exact) mass is 327 g/mol. The van der Waals surface area contributed by atoms with Gasteiger partial charge in [-0.15, -0.1) is 0 Å². The maximum atomic E-state index is 12.4. The number of hydrogen-bond donors (Lipinski definition) is 0. The zero-order valence-electron chi connectivity index (χ0n) is 13.0. The SMILES string of the molecule is COc1ccc(C(C)N2CC[C@@H](COS(C)(=O)=O)C2=O)cc1. The highest BCUT2D eigenvalue weighted by Gasteiger charge is 2.35. The first-order valence-corrected chi connectivity index (χ1v) is 8.92. The summed E-state index contributed by atoms with van der Waals surface area (Å²) >= 11 is 0. The van der Waals surface area contributed by atoms with Gasteiger partial charge in [0, 0.05) is 6.54 Å². The van der Waals surface area contributed by atoms with Crippen LogP contribution in [0.15, 0.2) is 24.3 Å². The van der Waals surface area contributed by atoms with Crippen molar-refractivity contribution in [2.24, 2.45) is 5.92 Å². The standard InChI is InChI=1S/C15H21NO5S/c1-11(12-4-6-14(20-2)7-5-12)16-9-8-13(15(16)17)10-21-22(3,18)19/h4-7,11,13H,8-10H2,1-3H3/t11?,13-/m0/s1. The Morgan fingerprint density at radius 1 is 1.32 bits per heavy atom. The highest BCUT2D eigenvalue weighted by molar-refractivity contribution is 7.85. The molecule has 1 amide bonds. The van der Waals surface area contributed by atoms with Gasteiger partial charge in [0.1, 0.15) is 5.75 Å². The van der Waals surface area contributed by atoms with Crippen molar-refractivity contribution in [1.29, 1.82) is 0 Å². The lowest BCUT2D eigenvalue weighted by Crippen LogP contribution is -2.31. The maximum absolute atomic E-state index is 12.4. The number of benzene rings is 1. The first kappa shape index (κ1) is 16.8. The molecule has 1 heterocycles. The average Bonchev–Trinajstić information content (AvgIpc) is 2.85. The van der Waals surface area contributed by atoms with Gasteiger partial charge >= 0.3 is 0 Å². The van der Waals surface area contributed by atoms with Crippen LogP contribution >= 0.6 is 0 Å². The van der Waals surface area contributed by atoms with Gasteiger partial charge < -0.3 is 9.64 Å². The first-order valence-electron chi connectivity index (χ1n) is 7.10. The predicted molar refractivity (Wildman–Crippen MR) is 82.0 cm³/mol. The molecule has 1 aliphatic rings. The number of amides is 1. The van der Waals surface area contributed by atoms with Crippen LogP contribution in [0.1, 0.15) is 24.9 Å². The van der Waals surface area contributed by atoms with Crippen molar-refractivity contribution in [2.45, 2.75) is 19.4 Å². The van der Waals surface area contributed by atoms with Crippen LogP contribution in [0.5, 0.6) is 5.75 Å². The summed E-state index contributed by atoms with van der Waals surface area (Å²) < 4.78 is 31.9. The summed E-state index contributed by atoms with van der Waals surface area (Å²) in [6, 6.07) is 7.50. The number of hydrogen-bond acceptors (Lipinski definition) is 5. The topological polar surface area (TPSA) is 72.9 Å². The van der Waals surface area contributed by atoms with Gasteiger partial charge in [-0.3, -0.25) is 8.98 Å². The molecule has 0 N–H and O–H groups in total. The Morgan fingerprint density at radius 3 is 2.50 bits per heavy atom. The largest absolute Gasteiger partial charge is 0.497 e. The summed E-state index contributed by atoms with van der Waals surface area (Å²) in [5, 5.41) is 0. The molecule has 0 aromatic heterocycles. The van der Waals surface area contributed by atoms with Crippen LogP contribution in [-0.2, 0) is 19.1 Å². The van der Waals surface area contributed by atoms with E-state index in [-0.39, 0.29) is 18.6 Å². The van der Waals surface area contributed by atoms with Crippen molar-refractivity contribution in [3.63, 3.8) is 0 Å². The van der Waals surface area contributed by atoms with Crippen LogP contribution < -0.4 is 4.74 Å². The smallest absolute Gasteiger partial charge is 0.264 e. The molecular formula is C15H21NO5S. The van der Waals surface area contributed by atoms with Gasteiger partial charge in [0.15, 0.2) is 0 Å². The summed E-state index contributed by atoms with van der Waals surface area (Å²) in [6.45, 7) is 2.48. The van der Waals surface area contributed by atoms with Crippen LogP contribution in [0.2, 0.25) is 0 Å². The van der Waals surface area contributed by atoms with E-state index < -0.39 is 16.0 Å². The molecule has 0 aliphatic carbocycles. The molecule has 1 fully saturated rings. The minimum Gasteiger partial charge on any atom is -0.497 e. The summed E-state index contributed by atoms with van der Waals surface area (Å²) in [7, 11) is -1.91. The Kier molecular flexibility index (Phi) is 5.08. The third kappa shape index (κ3) is 3.98. The van der Waals surface area contributed by atoms with Crippen LogP contribution in [-0.4, -0.2) is 45.7 Å². The normalized spacial score (nSPS) is 20.2. The zero-order valence-corrected chi connectivity index (χ0v) is 13.8. The van der Waals surface area contributed by atoms with Gasteiger partial charge in [0.25, 0.3) is 10.1 Å². The molecule has 1 aromatic rings. The minimum atomic E-state index is -3.52. The van der Waals surface area contributed by atoms with E-state index in [2.05, 4.69) is 0 Å². The van der Waals surface area contributed by atoms with Crippen molar-refractivity contribution < 1.29 is 22.1 Å². The Labute approximate surface area is 131 Å². The molecule has 2 atom stereocenters. The highest BCUT2D eigenvalue weighted by atomic mass is 32.2. The lowest BCUT2D eigenvalue weighted by atomic mass is 10.1. The fourth-order valence-corrected chi connectivity index (χ4v) is 2.98. The number of carbonyl (C=O) groups excluding carboxylic acids is 1. The van der Waals surface area contributed by atoms with E-state index in [1.807, 2.05) is 31.2 Å². The van der Waals surface area contributed by atoms with E-state index in [9.17, 15) is 13.2 Å². The van der Waals surface area contributed by atoms with E-state index in [0.29, 0.717) is 13.0 Å². The summed E-state index contributed by atoms with van der Waals surface area (Å²) in [5.74, 6) is 0.311. The lowest BCUT2D eigenvalue weighted by Gasteiger charge is -2.25. The molecule has 1 saturated heterocycles. The summed E-state index contributed by atoms with van der Waals surface area (Å²) in [6.07, 6.45) is 1.60. The van der Waals surface area contributed by atoms with Gasteiger partial charge in [-0.25, -0.2) is 0 Å². The molecule has 2 rings (SSSR count). The number of likely N-dealkylation sites (tertiary alicyclic amines) is 1. The van der Waals surface area contributed by atoms with Crippen molar-refractivity contribution >= 4 is 16.0 Å². The Bertz CT molecular complexity index is 626. The molecule has 7 heteroatoms. The number of rotatable bonds is 6. The van der Waals surface area contributed by atoms with Crippen LogP contribution in [0.4, 0.5) is 0 Å². The van der Waals surface area contributed by atoms with Gasteiger partial charge in [-0.2, -0.15) is 8.42 Å². The Balaban J connectivity index is 2.02. The van der Waals surface area contributed by atoms with Crippen LogP contribution in [0.3, 0.4) is 0 Å². The van der Waals surface area contributed by atoms with E-state index in [1.165, 1.54) is 0 Å². The van der Waals surface area contributed by atoms with Gasteiger partial charge in [0.2, 0.25) is 5.91 Å². The second-order valence-corrected chi connectivity index (χ2v) is 7.10. The summed E-state index contributed by atoms with van der Waals surface area (Å²) in [5.41, 5.74) is 1.01. The van der Waals surface area contributed by atoms with E-state index in [0.717, 1.165) is 17.6 Å². The first-order chi connectivity index (χ1) is 10.3. The van der Waals surface area contributed by atoms with Gasteiger partial charge in [0.05, 0.1) is 31.9 Å². The predicted octanol–water partition coefficient (Wildman–Crippen LogP) is 1.58. The van der Waals surface area contributed by atoms with E-state index >= 15 is 0 Å². The molecule has 6 nitrogen and oxygen atoms in total. The molecule has 122 valence electrons. The third-order valence-electron chi connectivity index (χ3n) is 3.90. The summed E-state index contributed by atoms with van der Waals surface area (Å²) in [4.78, 5) is 14.1. The molecule has 0 saturated carbocycles. The second kappa shape index (κ2) is 6.66. The number of methoxy groups -OCH3 is 1. The highest BCUT2D eigenvalue weighted by Crippen LogP contribution is 2.29. The molecule has 0 bridgehead atoms. The second-order valence-electron chi connectivity index (χ2n) is 5.46. The molecule has 1 aliphatic heterocycles. The Hall–Kier alpha value is -1.60. The van der Waals surface area contributed by atoms with Gasteiger partial charge in [-0.05, 0) is 31.0 Å². The van der Waals surface area contributed by atoms with Gasteiger partial charge in [-0.1, -0.05) is 12.1 Å². The van der Waals surface area contributed by atoms with Crippen LogP contribution in [0, 0.1) is 5.92 Å².